The summed E-state index contributed by atoms with van der Waals surface area (Å²) in [6, 6.07) is 0. The summed E-state index contributed by atoms with van der Waals surface area (Å²) < 4.78 is 24.3. The highest BCUT2D eigenvalue weighted by atomic mass is 32.2. The fraction of sp³-hybridized carbons (Fsp3) is 0.429. The van der Waals surface area contributed by atoms with Crippen LogP contribution in [0, 0.1) is 11.8 Å². The van der Waals surface area contributed by atoms with E-state index in [1.807, 2.05) is 36.5 Å². The first-order valence-corrected chi connectivity index (χ1v) is 7.30. The Morgan fingerprint density at radius 3 is 2.24 bits per heavy atom. The number of fused-ring (bicyclic) bond motifs is 1. The van der Waals surface area contributed by atoms with Gasteiger partial charge in [0.25, 0.3) is 0 Å². The van der Waals surface area contributed by atoms with Crippen LogP contribution in [0.5, 0.6) is 0 Å². The normalized spacial score (nSPS) is 27.8. The monoisotopic (exact) mass is 250 g/mol. The largest absolute Gasteiger partial charge is 0.223 e. The van der Waals surface area contributed by atoms with Crippen molar-refractivity contribution in [2.24, 2.45) is 11.8 Å². The van der Waals surface area contributed by atoms with Crippen LogP contribution in [0.2, 0.25) is 0 Å². The van der Waals surface area contributed by atoms with Crippen LogP contribution in [0.25, 0.3) is 0 Å². The molecule has 0 aliphatic heterocycles. The third-order valence-electron chi connectivity index (χ3n) is 3.22. The molecule has 0 aromatic carbocycles. The Morgan fingerprint density at radius 1 is 1.00 bits per heavy atom. The number of hydrogen-bond donors (Lipinski definition) is 0. The summed E-state index contributed by atoms with van der Waals surface area (Å²) in [6.07, 6.45) is 13.6. The summed E-state index contributed by atoms with van der Waals surface area (Å²) in [4.78, 5) is 0.540. The second-order valence-electron chi connectivity index (χ2n) is 5.44. The third-order valence-corrected chi connectivity index (χ3v) is 5.86. The van der Waals surface area contributed by atoms with Crippen molar-refractivity contribution in [3.8, 4) is 0 Å². The van der Waals surface area contributed by atoms with Crippen LogP contribution in [0.1, 0.15) is 20.8 Å². The van der Waals surface area contributed by atoms with E-state index in [4.69, 9.17) is 0 Å². The minimum Gasteiger partial charge on any atom is -0.223 e. The molecule has 2 rings (SSSR count). The van der Waals surface area contributed by atoms with Gasteiger partial charge in [0.15, 0.2) is 9.84 Å². The Labute approximate surface area is 103 Å². The molecule has 92 valence electrons. The maximum Gasteiger partial charge on any atom is 0.180 e. The van der Waals surface area contributed by atoms with Crippen molar-refractivity contribution in [2.75, 3.05) is 0 Å². The SMILES string of the molecule is CC(C)(C)S(=O)(=O)C1=CC=CC2C=CC=CC12. The third kappa shape index (κ3) is 2.04. The lowest BCUT2D eigenvalue weighted by atomic mass is 9.85. The molecule has 0 fully saturated rings. The van der Waals surface area contributed by atoms with E-state index in [2.05, 4.69) is 0 Å². The van der Waals surface area contributed by atoms with Crippen LogP contribution >= 0.6 is 0 Å². The standard InChI is InChI=1S/C14H18O2S/c1-14(2,3)17(15,16)13-10-6-8-11-7-4-5-9-12(11)13/h4-12H,1-3H3. The van der Waals surface area contributed by atoms with E-state index in [0.717, 1.165) is 0 Å². The molecule has 3 heteroatoms. The molecule has 0 N–H and O–H groups in total. The zero-order valence-corrected chi connectivity index (χ0v) is 11.2. The molecule has 17 heavy (non-hydrogen) atoms. The quantitative estimate of drug-likeness (QED) is 0.717. The molecule has 2 atom stereocenters. The minimum atomic E-state index is -3.25. The van der Waals surface area contributed by atoms with E-state index in [1.54, 1.807) is 26.8 Å². The molecule has 0 spiro atoms. The Hall–Kier alpha value is -1.09. The molecule has 0 saturated carbocycles. The molecule has 2 unspecified atom stereocenters. The first-order valence-electron chi connectivity index (χ1n) is 5.82. The minimum absolute atomic E-state index is 0.0331. The fourth-order valence-corrected chi connectivity index (χ4v) is 3.66. The van der Waals surface area contributed by atoms with Gasteiger partial charge < -0.3 is 0 Å². The summed E-state index contributed by atoms with van der Waals surface area (Å²) in [5.41, 5.74) is 0. The van der Waals surface area contributed by atoms with Gasteiger partial charge in [0.05, 0.1) is 9.65 Å². The zero-order valence-electron chi connectivity index (χ0n) is 10.4. The predicted octanol–water partition coefficient (Wildman–Crippen LogP) is 3.01. The molecule has 0 bridgehead atoms. The Bertz CT molecular complexity index is 525. The molecule has 0 saturated heterocycles. The molecule has 2 nitrogen and oxygen atoms in total. The maximum absolute atomic E-state index is 12.5. The van der Waals surface area contributed by atoms with Gasteiger partial charge in [-0.2, -0.15) is 0 Å². The maximum atomic E-state index is 12.5. The highest BCUT2D eigenvalue weighted by molar-refractivity contribution is 7.96. The molecule has 0 amide bonds. The number of hydrogen-bond acceptors (Lipinski definition) is 2. The van der Waals surface area contributed by atoms with E-state index in [9.17, 15) is 8.42 Å². The molecule has 0 radical (unpaired) electrons. The summed E-state index contributed by atoms with van der Waals surface area (Å²) in [6.45, 7) is 5.25. The van der Waals surface area contributed by atoms with Crippen LogP contribution in [-0.2, 0) is 9.84 Å². The highest BCUT2D eigenvalue weighted by Gasteiger charge is 2.38. The lowest BCUT2D eigenvalue weighted by Gasteiger charge is -2.30. The molecule has 0 aromatic heterocycles. The second kappa shape index (κ2) is 3.98. The topological polar surface area (TPSA) is 34.1 Å². The predicted molar refractivity (Wildman–Crippen MR) is 71.2 cm³/mol. The molecule has 2 aliphatic rings. The van der Waals surface area contributed by atoms with Crippen LogP contribution in [0.3, 0.4) is 0 Å². The van der Waals surface area contributed by atoms with E-state index >= 15 is 0 Å². The van der Waals surface area contributed by atoms with E-state index in [0.29, 0.717) is 4.91 Å². The summed E-state index contributed by atoms with van der Waals surface area (Å²) in [7, 11) is -3.25. The van der Waals surface area contributed by atoms with E-state index in [-0.39, 0.29) is 11.8 Å². The molecule has 0 aromatic rings. The van der Waals surface area contributed by atoms with Gasteiger partial charge in [-0.3, -0.25) is 0 Å². The van der Waals surface area contributed by atoms with Gasteiger partial charge in [-0.05, 0) is 26.8 Å². The van der Waals surface area contributed by atoms with Crippen molar-refractivity contribution >= 4 is 9.84 Å². The second-order valence-corrected chi connectivity index (χ2v) is 8.15. The van der Waals surface area contributed by atoms with Crippen molar-refractivity contribution in [3.05, 3.63) is 47.4 Å². The Kier molecular flexibility index (Phi) is 2.90. The summed E-state index contributed by atoms with van der Waals surface area (Å²) in [5, 5.41) is 0. The lowest BCUT2D eigenvalue weighted by Crippen LogP contribution is -2.33. The summed E-state index contributed by atoms with van der Waals surface area (Å²) >= 11 is 0. The fourth-order valence-electron chi connectivity index (χ4n) is 2.10. The van der Waals surface area contributed by atoms with Gasteiger partial charge in [0.1, 0.15) is 0 Å². The van der Waals surface area contributed by atoms with Gasteiger partial charge in [-0.25, -0.2) is 8.42 Å². The Morgan fingerprint density at radius 2 is 1.59 bits per heavy atom. The molecular weight excluding hydrogens is 232 g/mol. The van der Waals surface area contributed by atoms with Crippen molar-refractivity contribution in [1.29, 1.82) is 0 Å². The Balaban J connectivity index is 2.47. The first kappa shape index (κ1) is 12.4. The van der Waals surface area contributed by atoms with Crippen molar-refractivity contribution in [1.82, 2.24) is 0 Å². The average Bonchev–Trinajstić information content (AvgIpc) is 2.26. The van der Waals surface area contributed by atoms with Gasteiger partial charge in [0, 0.05) is 11.8 Å². The molecule has 2 aliphatic carbocycles. The summed E-state index contributed by atoms with van der Waals surface area (Å²) in [5.74, 6) is 0.145. The van der Waals surface area contributed by atoms with E-state index in [1.165, 1.54) is 0 Å². The van der Waals surface area contributed by atoms with Crippen molar-refractivity contribution in [3.63, 3.8) is 0 Å². The van der Waals surface area contributed by atoms with Gasteiger partial charge in [0.2, 0.25) is 0 Å². The van der Waals surface area contributed by atoms with Crippen LogP contribution in [0.15, 0.2) is 47.4 Å². The van der Waals surface area contributed by atoms with E-state index < -0.39 is 14.6 Å². The van der Waals surface area contributed by atoms with Crippen molar-refractivity contribution < 1.29 is 8.42 Å². The van der Waals surface area contributed by atoms with Gasteiger partial charge in [-0.1, -0.05) is 36.5 Å². The smallest absolute Gasteiger partial charge is 0.180 e. The number of rotatable bonds is 1. The lowest BCUT2D eigenvalue weighted by molar-refractivity contribution is 0.551. The highest BCUT2D eigenvalue weighted by Crippen LogP contribution is 2.38. The first-order chi connectivity index (χ1) is 7.84. The zero-order chi connectivity index (χ0) is 12.7. The molecular formula is C14H18O2S. The number of allylic oxidation sites excluding steroid dienone is 8. The molecule has 0 heterocycles. The van der Waals surface area contributed by atoms with Gasteiger partial charge >= 0.3 is 0 Å². The number of sulfone groups is 1. The van der Waals surface area contributed by atoms with Crippen LogP contribution in [-0.4, -0.2) is 13.2 Å². The van der Waals surface area contributed by atoms with Crippen molar-refractivity contribution in [2.45, 2.75) is 25.5 Å². The van der Waals surface area contributed by atoms with Crippen LogP contribution < -0.4 is 0 Å². The average molecular weight is 250 g/mol. The van der Waals surface area contributed by atoms with Gasteiger partial charge in [-0.15, -0.1) is 0 Å². The van der Waals surface area contributed by atoms with Crippen LogP contribution in [0.4, 0.5) is 0 Å².